The van der Waals surface area contributed by atoms with Gasteiger partial charge in [-0.05, 0) is 44.0 Å². The second-order valence-electron chi connectivity index (χ2n) is 3.71. The number of halogens is 2. The van der Waals surface area contributed by atoms with E-state index >= 15 is 0 Å². The lowest BCUT2D eigenvalue weighted by Crippen LogP contribution is -2.21. The number of nitrogens with one attached hydrogen (secondary N) is 1. The molecule has 2 rings (SSSR count). The van der Waals surface area contributed by atoms with Crippen molar-refractivity contribution in [2.45, 2.75) is 0 Å². The van der Waals surface area contributed by atoms with E-state index in [9.17, 15) is 4.79 Å². The predicted octanol–water partition coefficient (Wildman–Crippen LogP) is 2.60. The number of amides is 1. The molecule has 8 heteroatoms. The highest BCUT2D eigenvalue weighted by atomic mass is 79.9. The van der Waals surface area contributed by atoms with Crippen molar-refractivity contribution in [2.75, 3.05) is 17.7 Å². The number of nitrogens with two attached hydrogens (primary N) is 1. The molecule has 0 atom stereocenters. The van der Waals surface area contributed by atoms with Gasteiger partial charge in [0, 0.05) is 0 Å². The van der Waals surface area contributed by atoms with Crippen LogP contribution in [0, 0.1) is 0 Å². The monoisotopic (exact) mass is 400 g/mol. The summed E-state index contributed by atoms with van der Waals surface area (Å²) in [6.07, 6.45) is 1.48. The smallest absolute Gasteiger partial charge is 0.263 e. The summed E-state index contributed by atoms with van der Waals surface area (Å²) in [7, 11) is 0. The van der Waals surface area contributed by atoms with Gasteiger partial charge in [-0.1, -0.05) is 12.1 Å². The summed E-state index contributed by atoms with van der Waals surface area (Å²) in [5.74, 6) is 0.428. The molecular formula is C12H10Br2N4O2. The lowest BCUT2D eigenvalue weighted by molar-refractivity contribution is -0.118. The van der Waals surface area contributed by atoms with E-state index in [2.05, 4.69) is 47.1 Å². The molecule has 1 aromatic heterocycles. The Labute approximate surface area is 132 Å². The number of hydrogen-bond donors (Lipinski definition) is 2. The van der Waals surface area contributed by atoms with Crippen LogP contribution in [0.25, 0.3) is 0 Å². The van der Waals surface area contributed by atoms with Crippen molar-refractivity contribution in [1.82, 2.24) is 9.97 Å². The molecule has 0 bridgehead atoms. The molecule has 1 amide bonds. The predicted molar refractivity (Wildman–Crippen MR) is 82.4 cm³/mol. The zero-order valence-corrected chi connectivity index (χ0v) is 13.3. The second kappa shape index (κ2) is 6.67. The molecular weight excluding hydrogens is 392 g/mol. The Morgan fingerprint density at radius 3 is 2.80 bits per heavy atom. The minimum absolute atomic E-state index is 0.168. The average molecular weight is 402 g/mol. The van der Waals surface area contributed by atoms with Gasteiger partial charge in [0.25, 0.3) is 5.91 Å². The van der Waals surface area contributed by atoms with Gasteiger partial charge in [-0.2, -0.15) is 0 Å². The van der Waals surface area contributed by atoms with E-state index in [-0.39, 0.29) is 12.5 Å². The van der Waals surface area contributed by atoms with Gasteiger partial charge >= 0.3 is 0 Å². The van der Waals surface area contributed by atoms with Gasteiger partial charge in [0.15, 0.2) is 12.4 Å². The molecule has 0 saturated carbocycles. The molecule has 0 aliphatic carbocycles. The fourth-order valence-electron chi connectivity index (χ4n) is 1.35. The number of carbonyl (C=O) groups is 1. The van der Waals surface area contributed by atoms with Crippen molar-refractivity contribution in [3.05, 3.63) is 39.7 Å². The van der Waals surface area contributed by atoms with Crippen LogP contribution in [0.15, 0.2) is 39.7 Å². The third kappa shape index (κ3) is 3.91. The molecule has 0 saturated heterocycles. The number of rotatable bonds is 4. The number of anilines is 2. The number of aromatic nitrogens is 2. The Morgan fingerprint density at radius 2 is 2.10 bits per heavy atom. The Hall–Kier alpha value is -1.67. The van der Waals surface area contributed by atoms with Crippen molar-refractivity contribution >= 4 is 49.3 Å². The SMILES string of the molecule is Nc1ccccc1OCC(=O)Nc1ncc(Br)nc1Br. The van der Waals surface area contributed by atoms with Crippen LogP contribution in [-0.4, -0.2) is 22.5 Å². The minimum Gasteiger partial charge on any atom is -0.482 e. The van der Waals surface area contributed by atoms with Gasteiger partial charge < -0.3 is 15.8 Å². The Morgan fingerprint density at radius 1 is 1.35 bits per heavy atom. The van der Waals surface area contributed by atoms with Gasteiger partial charge in [-0.15, -0.1) is 0 Å². The zero-order valence-electron chi connectivity index (χ0n) is 10.1. The summed E-state index contributed by atoms with van der Waals surface area (Å²) in [6.45, 7) is -0.168. The highest BCUT2D eigenvalue weighted by Gasteiger charge is 2.10. The molecule has 1 heterocycles. The van der Waals surface area contributed by atoms with Crippen molar-refractivity contribution in [3.8, 4) is 5.75 Å². The van der Waals surface area contributed by atoms with E-state index in [0.29, 0.717) is 26.5 Å². The maximum absolute atomic E-state index is 11.8. The normalized spacial score (nSPS) is 10.1. The van der Waals surface area contributed by atoms with Gasteiger partial charge in [0.2, 0.25) is 0 Å². The molecule has 0 unspecified atom stereocenters. The molecule has 2 aromatic rings. The molecule has 0 radical (unpaired) electrons. The van der Waals surface area contributed by atoms with E-state index in [0.717, 1.165) is 0 Å². The van der Waals surface area contributed by atoms with Crippen molar-refractivity contribution in [1.29, 1.82) is 0 Å². The van der Waals surface area contributed by atoms with Crippen LogP contribution in [0.4, 0.5) is 11.5 Å². The summed E-state index contributed by atoms with van der Waals surface area (Å²) in [5.41, 5.74) is 6.19. The summed E-state index contributed by atoms with van der Waals surface area (Å²) in [4.78, 5) is 19.8. The van der Waals surface area contributed by atoms with Crippen molar-refractivity contribution in [3.63, 3.8) is 0 Å². The first kappa shape index (κ1) is 14.7. The second-order valence-corrected chi connectivity index (χ2v) is 5.27. The zero-order chi connectivity index (χ0) is 14.5. The average Bonchev–Trinajstić information content (AvgIpc) is 2.41. The largest absolute Gasteiger partial charge is 0.482 e. The standard InChI is InChI=1S/C12H10Br2N4O2/c13-9-5-16-12(11(14)17-9)18-10(19)6-20-8-4-2-1-3-7(8)15/h1-5H,6,15H2,(H,16,18,19). The lowest BCUT2D eigenvalue weighted by atomic mass is 10.3. The Balaban J connectivity index is 1.94. The highest BCUT2D eigenvalue weighted by molar-refractivity contribution is 9.11. The van der Waals surface area contributed by atoms with E-state index in [4.69, 9.17) is 10.5 Å². The van der Waals surface area contributed by atoms with Crippen molar-refractivity contribution < 1.29 is 9.53 Å². The number of ether oxygens (including phenoxy) is 1. The maximum atomic E-state index is 11.8. The Bertz CT molecular complexity index is 637. The van der Waals surface area contributed by atoms with Crippen molar-refractivity contribution in [2.24, 2.45) is 0 Å². The van der Waals surface area contributed by atoms with E-state index in [1.165, 1.54) is 6.20 Å². The summed E-state index contributed by atoms with van der Waals surface area (Å²) < 4.78 is 6.32. The van der Waals surface area contributed by atoms with Crippen LogP contribution in [0.3, 0.4) is 0 Å². The number of nitrogen functional groups attached to an aromatic ring is 1. The molecule has 104 valence electrons. The van der Waals surface area contributed by atoms with Crippen LogP contribution in [0.5, 0.6) is 5.75 Å². The summed E-state index contributed by atoms with van der Waals surface area (Å²) >= 11 is 6.38. The van der Waals surface area contributed by atoms with E-state index < -0.39 is 0 Å². The maximum Gasteiger partial charge on any atom is 0.263 e. The molecule has 0 fully saturated rings. The molecule has 0 aliphatic heterocycles. The van der Waals surface area contributed by atoms with E-state index in [1.807, 2.05) is 0 Å². The van der Waals surface area contributed by atoms with Gasteiger partial charge in [-0.25, -0.2) is 9.97 Å². The third-order valence-corrected chi connectivity index (χ3v) is 3.17. The molecule has 6 nitrogen and oxygen atoms in total. The van der Waals surface area contributed by atoms with Crippen LogP contribution in [-0.2, 0) is 4.79 Å². The molecule has 0 spiro atoms. The number of carbonyl (C=O) groups excluding carboxylic acids is 1. The molecule has 1 aromatic carbocycles. The number of benzene rings is 1. The molecule has 0 aliphatic rings. The first-order valence-corrected chi connectivity index (χ1v) is 7.10. The van der Waals surface area contributed by atoms with Crippen LogP contribution < -0.4 is 15.8 Å². The third-order valence-electron chi connectivity index (χ3n) is 2.24. The van der Waals surface area contributed by atoms with Gasteiger partial charge in [0.05, 0.1) is 11.9 Å². The molecule has 20 heavy (non-hydrogen) atoms. The highest BCUT2D eigenvalue weighted by Crippen LogP contribution is 2.21. The lowest BCUT2D eigenvalue weighted by Gasteiger charge is -2.09. The summed E-state index contributed by atoms with van der Waals surface area (Å²) in [6, 6.07) is 6.96. The number of hydrogen-bond acceptors (Lipinski definition) is 5. The van der Waals surface area contributed by atoms with Gasteiger partial charge in [-0.3, -0.25) is 4.79 Å². The first-order chi connectivity index (χ1) is 9.56. The summed E-state index contributed by atoms with van der Waals surface area (Å²) in [5, 5.41) is 2.58. The van der Waals surface area contributed by atoms with Crippen LogP contribution in [0.1, 0.15) is 0 Å². The number of nitrogens with zero attached hydrogens (tertiary/aromatic N) is 2. The minimum atomic E-state index is -0.356. The topological polar surface area (TPSA) is 90.1 Å². The fraction of sp³-hybridized carbons (Fsp3) is 0.0833. The van der Waals surface area contributed by atoms with Crippen LogP contribution >= 0.6 is 31.9 Å². The molecule has 3 N–H and O–H groups in total. The first-order valence-electron chi connectivity index (χ1n) is 5.51. The van der Waals surface area contributed by atoms with Crippen LogP contribution in [0.2, 0.25) is 0 Å². The van der Waals surface area contributed by atoms with Gasteiger partial charge in [0.1, 0.15) is 15.0 Å². The fourth-order valence-corrected chi connectivity index (χ4v) is 2.26. The van der Waals surface area contributed by atoms with E-state index in [1.54, 1.807) is 24.3 Å². The quantitative estimate of drug-likeness (QED) is 0.768. The Kier molecular flexibility index (Phi) is 4.91. The number of para-hydroxylation sites is 2.